The van der Waals surface area contributed by atoms with Crippen molar-refractivity contribution in [3.8, 4) is 6.07 Å². The lowest BCUT2D eigenvalue weighted by atomic mass is 10.2. The molecule has 0 spiro atoms. The summed E-state index contributed by atoms with van der Waals surface area (Å²) in [7, 11) is 0. The first-order valence-corrected chi connectivity index (χ1v) is 9.27. The van der Waals surface area contributed by atoms with E-state index in [9.17, 15) is 10.1 Å². The number of pyridine rings is 1. The first-order chi connectivity index (χ1) is 13.7. The van der Waals surface area contributed by atoms with Crippen molar-refractivity contribution in [2.45, 2.75) is 31.7 Å². The van der Waals surface area contributed by atoms with Gasteiger partial charge in [0.2, 0.25) is 11.9 Å². The fraction of sp³-hybridized carbons (Fsp3) is 0.250. The maximum Gasteiger partial charge on any atom is 0.270 e. The van der Waals surface area contributed by atoms with Crippen LogP contribution in [0.4, 0.5) is 11.9 Å². The van der Waals surface area contributed by atoms with Crippen molar-refractivity contribution in [3.63, 3.8) is 0 Å². The molecule has 1 aliphatic rings. The molecule has 2 N–H and O–H groups in total. The molecule has 5 rings (SSSR count). The molecule has 0 saturated heterocycles. The van der Waals surface area contributed by atoms with Gasteiger partial charge in [-0.2, -0.15) is 10.2 Å². The molecule has 28 heavy (non-hydrogen) atoms. The molecule has 0 bridgehead atoms. The number of imidazole rings is 1. The number of nitriles is 1. The Hall–Kier alpha value is -3.73. The largest absolute Gasteiger partial charge is 0.324 e. The summed E-state index contributed by atoms with van der Waals surface area (Å²) in [6, 6.07) is 11.3. The standard InChI is InChI=1S/C20H17N7O/c21-10-12-9-13-11-22-19(26-20-23-15-7-3-4-8-16(15)24-20)25-17(13)27(18(12)28)14-5-1-2-6-14/h3-4,7-9,11,14H,1-2,5-6H2,(H2,22,23,24,25,26). The zero-order valence-electron chi connectivity index (χ0n) is 15.0. The lowest BCUT2D eigenvalue weighted by Crippen LogP contribution is -2.26. The molecule has 0 radical (unpaired) electrons. The van der Waals surface area contributed by atoms with Crippen LogP contribution in [0.5, 0.6) is 0 Å². The van der Waals surface area contributed by atoms with Crippen LogP contribution in [0, 0.1) is 11.3 Å². The van der Waals surface area contributed by atoms with Crippen molar-refractivity contribution in [3.05, 3.63) is 52.4 Å². The maximum absolute atomic E-state index is 12.8. The van der Waals surface area contributed by atoms with Crippen LogP contribution in [0.2, 0.25) is 0 Å². The average Bonchev–Trinajstić information content (AvgIpc) is 3.36. The SMILES string of the molecule is N#Cc1cc2cnc(Nc3nc4ccccc4[nH]3)nc2n(C2CCCC2)c1=O. The first kappa shape index (κ1) is 16.4. The molecule has 0 amide bonds. The van der Waals surface area contributed by atoms with Gasteiger partial charge in [-0.05, 0) is 31.0 Å². The Kier molecular flexibility index (Phi) is 3.79. The van der Waals surface area contributed by atoms with Crippen LogP contribution in [0.3, 0.4) is 0 Å². The van der Waals surface area contributed by atoms with E-state index in [1.165, 1.54) is 0 Å². The van der Waals surface area contributed by atoms with E-state index in [2.05, 4.69) is 25.3 Å². The molecule has 0 aliphatic heterocycles. The third-order valence-electron chi connectivity index (χ3n) is 5.20. The summed E-state index contributed by atoms with van der Waals surface area (Å²) < 4.78 is 1.67. The zero-order chi connectivity index (χ0) is 19.1. The number of nitrogens with one attached hydrogen (secondary N) is 2. The van der Waals surface area contributed by atoms with E-state index in [4.69, 9.17) is 0 Å². The molecule has 138 valence electrons. The van der Waals surface area contributed by atoms with Crippen molar-refractivity contribution < 1.29 is 0 Å². The zero-order valence-corrected chi connectivity index (χ0v) is 15.0. The van der Waals surface area contributed by atoms with Crippen molar-refractivity contribution in [1.29, 1.82) is 5.26 Å². The quantitative estimate of drug-likeness (QED) is 0.571. The van der Waals surface area contributed by atoms with Gasteiger partial charge in [0.05, 0.1) is 11.0 Å². The van der Waals surface area contributed by atoms with Gasteiger partial charge in [-0.15, -0.1) is 0 Å². The highest BCUT2D eigenvalue weighted by Gasteiger charge is 2.22. The van der Waals surface area contributed by atoms with E-state index in [1.54, 1.807) is 16.8 Å². The molecule has 3 heterocycles. The third-order valence-corrected chi connectivity index (χ3v) is 5.20. The Morgan fingerprint density at radius 1 is 1.21 bits per heavy atom. The van der Waals surface area contributed by atoms with Gasteiger partial charge in [-0.3, -0.25) is 14.7 Å². The lowest BCUT2D eigenvalue weighted by molar-refractivity contribution is 0.515. The predicted molar refractivity (Wildman–Crippen MR) is 105 cm³/mol. The Labute approximate surface area is 159 Å². The highest BCUT2D eigenvalue weighted by atomic mass is 16.1. The fourth-order valence-corrected chi connectivity index (χ4v) is 3.88. The number of hydrogen-bond donors (Lipinski definition) is 2. The number of anilines is 2. The summed E-state index contributed by atoms with van der Waals surface area (Å²) in [5.41, 5.74) is 2.14. The van der Waals surface area contributed by atoms with E-state index in [-0.39, 0.29) is 17.2 Å². The highest BCUT2D eigenvalue weighted by Crippen LogP contribution is 2.30. The normalized spacial score (nSPS) is 14.5. The summed E-state index contributed by atoms with van der Waals surface area (Å²) in [5.74, 6) is 0.881. The van der Waals surface area contributed by atoms with Crippen molar-refractivity contribution >= 4 is 34.0 Å². The van der Waals surface area contributed by atoms with Gasteiger partial charge in [0, 0.05) is 17.6 Å². The van der Waals surface area contributed by atoms with Gasteiger partial charge in [0.15, 0.2) is 0 Å². The van der Waals surface area contributed by atoms with E-state index < -0.39 is 0 Å². The van der Waals surface area contributed by atoms with Gasteiger partial charge < -0.3 is 4.98 Å². The smallest absolute Gasteiger partial charge is 0.270 e. The van der Waals surface area contributed by atoms with Crippen LogP contribution in [0.25, 0.3) is 22.1 Å². The number of rotatable bonds is 3. The molecule has 8 nitrogen and oxygen atoms in total. The molecule has 1 fully saturated rings. The van der Waals surface area contributed by atoms with Gasteiger partial charge in [-0.1, -0.05) is 25.0 Å². The second kappa shape index (κ2) is 6.46. The Morgan fingerprint density at radius 2 is 2.04 bits per heavy atom. The number of aromatic amines is 1. The Morgan fingerprint density at radius 3 is 2.82 bits per heavy atom. The predicted octanol–water partition coefficient (Wildman–Crippen LogP) is 3.40. The van der Waals surface area contributed by atoms with Gasteiger partial charge in [-0.25, -0.2) is 9.97 Å². The second-order valence-electron chi connectivity index (χ2n) is 6.98. The van der Waals surface area contributed by atoms with E-state index in [0.717, 1.165) is 36.7 Å². The number of aromatic nitrogens is 5. The molecule has 8 heteroatoms. The molecular weight excluding hydrogens is 354 g/mol. The van der Waals surface area contributed by atoms with Crippen LogP contribution in [-0.2, 0) is 0 Å². The van der Waals surface area contributed by atoms with Crippen molar-refractivity contribution in [2.75, 3.05) is 5.32 Å². The summed E-state index contributed by atoms with van der Waals surface area (Å²) in [5, 5.41) is 13.1. The lowest BCUT2D eigenvalue weighted by Gasteiger charge is -2.16. The Bertz CT molecular complexity index is 1260. The Balaban J connectivity index is 1.62. The third kappa shape index (κ3) is 2.68. The second-order valence-corrected chi connectivity index (χ2v) is 6.98. The highest BCUT2D eigenvalue weighted by molar-refractivity contribution is 5.79. The molecule has 0 unspecified atom stereocenters. The van der Waals surface area contributed by atoms with Crippen LogP contribution in [0.1, 0.15) is 37.3 Å². The van der Waals surface area contributed by atoms with E-state index in [1.807, 2.05) is 30.3 Å². The van der Waals surface area contributed by atoms with E-state index in [0.29, 0.717) is 22.9 Å². The number of para-hydroxylation sites is 2. The van der Waals surface area contributed by atoms with Crippen LogP contribution in [-0.4, -0.2) is 24.5 Å². The van der Waals surface area contributed by atoms with Crippen LogP contribution in [0.15, 0.2) is 41.3 Å². The van der Waals surface area contributed by atoms with E-state index >= 15 is 0 Å². The number of benzene rings is 1. The minimum Gasteiger partial charge on any atom is -0.324 e. The number of fused-ring (bicyclic) bond motifs is 2. The van der Waals surface area contributed by atoms with Crippen LogP contribution < -0.4 is 10.9 Å². The summed E-state index contributed by atoms with van der Waals surface area (Å²) in [6.45, 7) is 0. The maximum atomic E-state index is 12.8. The first-order valence-electron chi connectivity index (χ1n) is 9.27. The molecular formula is C20H17N7O. The fourth-order valence-electron chi connectivity index (χ4n) is 3.88. The monoisotopic (exact) mass is 371 g/mol. The van der Waals surface area contributed by atoms with Gasteiger partial charge in [0.1, 0.15) is 17.3 Å². The van der Waals surface area contributed by atoms with Crippen molar-refractivity contribution in [1.82, 2.24) is 24.5 Å². The minimum atomic E-state index is -0.282. The van der Waals surface area contributed by atoms with Gasteiger partial charge >= 0.3 is 0 Å². The minimum absolute atomic E-state index is 0.0669. The summed E-state index contributed by atoms with van der Waals surface area (Å²) in [6.07, 6.45) is 5.62. The molecule has 1 aliphatic carbocycles. The molecule has 4 aromatic rings. The average molecular weight is 371 g/mol. The van der Waals surface area contributed by atoms with Crippen LogP contribution >= 0.6 is 0 Å². The molecule has 1 aromatic carbocycles. The summed E-state index contributed by atoms with van der Waals surface area (Å²) >= 11 is 0. The van der Waals surface area contributed by atoms with Gasteiger partial charge in [0.25, 0.3) is 5.56 Å². The number of H-pyrrole nitrogens is 1. The number of hydrogen-bond acceptors (Lipinski definition) is 6. The van der Waals surface area contributed by atoms with Crippen molar-refractivity contribution in [2.24, 2.45) is 0 Å². The topological polar surface area (TPSA) is 112 Å². The summed E-state index contributed by atoms with van der Waals surface area (Å²) in [4.78, 5) is 29.4. The molecule has 1 saturated carbocycles. The molecule has 3 aromatic heterocycles. The molecule has 0 atom stereocenters. The number of nitrogens with zero attached hydrogens (tertiary/aromatic N) is 5.